The molecule has 0 unspecified atom stereocenters. The van der Waals surface area contributed by atoms with Crippen LogP contribution in [0, 0.1) is 10.1 Å². The van der Waals surface area contributed by atoms with Crippen LogP contribution in [-0.2, 0) is 13.5 Å². The number of nitro groups is 1. The molecule has 0 aliphatic heterocycles. The van der Waals surface area contributed by atoms with Crippen molar-refractivity contribution in [2.45, 2.75) is 12.5 Å². The van der Waals surface area contributed by atoms with Gasteiger partial charge in [-0.05, 0) is 5.56 Å². The third kappa shape index (κ3) is 3.02. The minimum absolute atomic E-state index is 0.0441. The summed E-state index contributed by atoms with van der Waals surface area (Å²) in [6.07, 6.45) is -1.51. The average Bonchev–Trinajstić information content (AvgIpc) is 2.61. The van der Waals surface area contributed by atoms with E-state index in [-0.39, 0.29) is 34.5 Å². The lowest BCUT2D eigenvalue weighted by molar-refractivity contribution is -0.385. The Hall–Kier alpha value is -3.60. The van der Waals surface area contributed by atoms with E-state index < -0.39 is 27.8 Å². The van der Waals surface area contributed by atoms with Gasteiger partial charge in [-0.15, -0.1) is 0 Å². The first-order chi connectivity index (χ1) is 12.3. The van der Waals surface area contributed by atoms with Gasteiger partial charge < -0.3 is 10.1 Å². The van der Waals surface area contributed by atoms with E-state index in [2.05, 4.69) is 15.0 Å². The summed E-state index contributed by atoms with van der Waals surface area (Å²) in [5.74, 6) is 0. The lowest BCUT2D eigenvalue weighted by Gasteiger charge is -2.11. The highest BCUT2D eigenvalue weighted by atomic mass is 16.6. The number of benzene rings is 1. The van der Waals surface area contributed by atoms with Crippen LogP contribution in [0.15, 0.2) is 38.6 Å². The van der Waals surface area contributed by atoms with Crippen molar-refractivity contribution in [1.29, 1.82) is 0 Å². The van der Waals surface area contributed by atoms with E-state index in [1.807, 2.05) is 0 Å². The van der Waals surface area contributed by atoms with Gasteiger partial charge in [-0.3, -0.25) is 29.3 Å². The normalized spacial score (nSPS) is 12.2. The largest absolute Gasteiger partial charge is 0.388 e. The topological polar surface area (TPSA) is 164 Å². The molecule has 11 heteroatoms. The van der Waals surface area contributed by atoms with Crippen molar-refractivity contribution >= 4 is 16.9 Å². The number of aromatic amines is 2. The first-order valence-electron chi connectivity index (χ1n) is 7.42. The maximum absolute atomic E-state index is 12.2. The number of nitro benzene ring substituents is 1. The molecular formula is C15H13N5O6. The van der Waals surface area contributed by atoms with Crippen LogP contribution in [0.3, 0.4) is 0 Å². The molecule has 0 spiro atoms. The Balaban J connectivity index is 2.04. The van der Waals surface area contributed by atoms with Crippen molar-refractivity contribution in [3.05, 3.63) is 76.8 Å². The van der Waals surface area contributed by atoms with E-state index in [1.54, 1.807) is 0 Å². The molecule has 2 heterocycles. The second kappa shape index (κ2) is 6.37. The lowest BCUT2D eigenvalue weighted by atomic mass is 10.0. The Labute approximate surface area is 143 Å². The van der Waals surface area contributed by atoms with Crippen LogP contribution in [0.1, 0.15) is 17.4 Å². The van der Waals surface area contributed by atoms with Gasteiger partial charge >= 0.3 is 5.69 Å². The van der Waals surface area contributed by atoms with E-state index in [9.17, 15) is 29.6 Å². The van der Waals surface area contributed by atoms with Crippen molar-refractivity contribution in [2.24, 2.45) is 7.05 Å². The Morgan fingerprint density at radius 3 is 2.69 bits per heavy atom. The van der Waals surface area contributed by atoms with Crippen LogP contribution in [-0.4, -0.2) is 29.5 Å². The van der Waals surface area contributed by atoms with Gasteiger partial charge in [-0.2, -0.15) is 0 Å². The van der Waals surface area contributed by atoms with Gasteiger partial charge in [-0.25, -0.2) is 9.78 Å². The minimum Gasteiger partial charge on any atom is -0.388 e. The molecule has 3 rings (SSSR count). The van der Waals surface area contributed by atoms with Gasteiger partial charge in [-0.1, -0.05) is 12.1 Å². The summed E-state index contributed by atoms with van der Waals surface area (Å²) in [5, 5.41) is 21.1. The van der Waals surface area contributed by atoms with Crippen molar-refractivity contribution in [3.8, 4) is 0 Å². The molecule has 134 valence electrons. The number of aliphatic hydroxyl groups is 1. The van der Waals surface area contributed by atoms with E-state index in [0.717, 1.165) is 4.57 Å². The predicted molar refractivity (Wildman–Crippen MR) is 90.0 cm³/mol. The van der Waals surface area contributed by atoms with Crippen molar-refractivity contribution in [1.82, 2.24) is 19.5 Å². The zero-order chi connectivity index (χ0) is 19.0. The number of H-pyrrole nitrogens is 2. The summed E-state index contributed by atoms with van der Waals surface area (Å²) in [5.41, 5.74) is -2.47. The number of fused-ring (bicyclic) bond motifs is 1. The van der Waals surface area contributed by atoms with E-state index in [0.29, 0.717) is 0 Å². The van der Waals surface area contributed by atoms with Crippen LogP contribution in [0.5, 0.6) is 0 Å². The molecule has 0 radical (unpaired) electrons. The smallest absolute Gasteiger partial charge is 0.329 e. The standard InChI is InChI=1S/C15H13N5O6/c1-19-12-11(14(23)18-15(19)24)16-9(13(22)17-12)6-10(21)7-3-2-4-8(5-7)20(25)26/h2-5,10,21H,6H2,1H3,(H,17,22)(H,18,23,24)/t10-/m0/s1. The molecule has 0 bridgehead atoms. The van der Waals surface area contributed by atoms with Gasteiger partial charge in [0.2, 0.25) is 0 Å². The Kier molecular flexibility index (Phi) is 4.22. The Bertz CT molecular complexity index is 1190. The van der Waals surface area contributed by atoms with Gasteiger partial charge in [0.1, 0.15) is 11.3 Å². The fourth-order valence-corrected chi connectivity index (χ4v) is 2.51. The van der Waals surface area contributed by atoms with Gasteiger partial charge in [0.15, 0.2) is 5.52 Å². The lowest BCUT2D eigenvalue weighted by Crippen LogP contribution is -2.32. The third-order valence-electron chi connectivity index (χ3n) is 3.89. The molecular weight excluding hydrogens is 346 g/mol. The number of hydrogen-bond acceptors (Lipinski definition) is 7. The zero-order valence-electron chi connectivity index (χ0n) is 13.4. The van der Waals surface area contributed by atoms with Crippen molar-refractivity contribution in [2.75, 3.05) is 0 Å². The van der Waals surface area contributed by atoms with Crippen LogP contribution < -0.4 is 16.8 Å². The zero-order valence-corrected chi connectivity index (χ0v) is 13.4. The number of aliphatic hydroxyl groups excluding tert-OH is 1. The summed E-state index contributed by atoms with van der Waals surface area (Å²) in [7, 11) is 1.36. The van der Waals surface area contributed by atoms with E-state index in [1.165, 1.54) is 31.3 Å². The van der Waals surface area contributed by atoms with E-state index in [4.69, 9.17) is 0 Å². The van der Waals surface area contributed by atoms with Crippen molar-refractivity contribution in [3.63, 3.8) is 0 Å². The molecule has 11 nitrogen and oxygen atoms in total. The highest BCUT2D eigenvalue weighted by molar-refractivity contribution is 5.68. The monoisotopic (exact) mass is 359 g/mol. The molecule has 0 fully saturated rings. The molecule has 1 atom stereocenters. The molecule has 0 aliphatic carbocycles. The first-order valence-corrected chi connectivity index (χ1v) is 7.42. The quantitative estimate of drug-likeness (QED) is 0.417. The van der Waals surface area contributed by atoms with Gasteiger partial charge in [0.25, 0.3) is 16.8 Å². The number of aromatic nitrogens is 4. The highest BCUT2D eigenvalue weighted by Gasteiger charge is 2.17. The second-order valence-electron chi connectivity index (χ2n) is 5.60. The van der Waals surface area contributed by atoms with Crippen molar-refractivity contribution < 1.29 is 10.0 Å². The molecule has 0 saturated carbocycles. The Morgan fingerprint density at radius 1 is 1.27 bits per heavy atom. The summed E-state index contributed by atoms with van der Waals surface area (Å²) in [6.45, 7) is 0. The summed E-state index contributed by atoms with van der Waals surface area (Å²) >= 11 is 0. The summed E-state index contributed by atoms with van der Waals surface area (Å²) in [4.78, 5) is 54.3. The second-order valence-corrected chi connectivity index (χ2v) is 5.60. The molecule has 2 aromatic heterocycles. The maximum atomic E-state index is 12.2. The molecule has 26 heavy (non-hydrogen) atoms. The predicted octanol–water partition coefficient (Wildman–Crippen LogP) is -0.506. The SMILES string of the molecule is Cn1c(=O)[nH]c(=O)c2nc(C[C@H](O)c3cccc([N+](=O)[O-])c3)c(=O)[nH]c21. The third-order valence-corrected chi connectivity index (χ3v) is 3.89. The van der Waals surface area contributed by atoms with Gasteiger partial charge in [0.05, 0.1) is 11.0 Å². The number of nitrogens with zero attached hydrogens (tertiary/aromatic N) is 3. The number of rotatable bonds is 4. The van der Waals surface area contributed by atoms with Crippen LogP contribution >= 0.6 is 0 Å². The number of hydrogen-bond donors (Lipinski definition) is 3. The molecule has 1 aromatic carbocycles. The summed E-state index contributed by atoms with van der Waals surface area (Å²) < 4.78 is 1.03. The summed E-state index contributed by atoms with van der Waals surface area (Å²) in [6, 6.07) is 5.35. The van der Waals surface area contributed by atoms with E-state index >= 15 is 0 Å². The fraction of sp³-hybridized carbons (Fsp3) is 0.200. The molecule has 0 saturated heterocycles. The molecule has 0 aliphatic rings. The molecule has 3 N–H and O–H groups in total. The fourth-order valence-electron chi connectivity index (χ4n) is 2.51. The average molecular weight is 359 g/mol. The number of nitrogens with one attached hydrogen (secondary N) is 2. The Morgan fingerprint density at radius 2 is 2.00 bits per heavy atom. The first kappa shape index (κ1) is 17.2. The van der Waals surface area contributed by atoms with Crippen LogP contribution in [0.2, 0.25) is 0 Å². The van der Waals surface area contributed by atoms with Gasteiger partial charge in [0, 0.05) is 25.6 Å². The number of aryl methyl sites for hydroxylation is 1. The molecule has 0 amide bonds. The number of non-ortho nitro benzene ring substituents is 1. The highest BCUT2D eigenvalue weighted by Crippen LogP contribution is 2.21. The van der Waals surface area contributed by atoms with Crippen LogP contribution in [0.25, 0.3) is 11.2 Å². The minimum atomic E-state index is -1.24. The molecule has 3 aromatic rings. The van der Waals surface area contributed by atoms with Crippen LogP contribution in [0.4, 0.5) is 5.69 Å². The maximum Gasteiger partial charge on any atom is 0.329 e.